The molecule has 0 saturated heterocycles. The first-order valence-electron chi connectivity index (χ1n) is 5.32. The molecule has 0 fully saturated rings. The van der Waals surface area contributed by atoms with Crippen LogP contribution in [-0.4, -0.2) is 6.04 Å². The first-order valence-corrected chi connectivity index (χ1v) is 5.32. The summed E-state index contributed by atoms with van der Waals surface area (Å²) in [7, 11) is 0. The lowest BCUT2D eigenvalue weighted by molar-refractivity contribution is 0.619. The van der Waals surface area contributed by atoms with E-state index < -0.39 is 6.04 Å². The first-order chi connectivity index (χ1) is 7.70. The Labute approximate surface area is 94.2 Å². The maximum atomic E-state index is 13.5. The highest BCUT2D eigenvalue weighted by Gasteiger charge is 2.15. The molecule has 0 spiro atoms. The summed E-state index contributed by atoms with van der Waals surface area (Å²) < 4.78 is 13.5. The van der Waals surface area contributed by atoms with Gasteiger partial charge in [0.15, 0.2) is 0 Å². The van der Waals surface area contributed by atoms with E-state index in [-0.39, 0.29) is 5.82 Å². The van der Waals surface area contributed by atoms with Gasteiger partial charge < -0.3 is 5.73 Å². The minimum absolute atomic E-state index is 0.194. The third-order valence-corrected chi connectivity index (χ3v) is 2.86. The second-order valence-electron chi connectivity index (χ2n) is 4.05. The van der Waals surface area contributed by atoms with Crippen LogP contribution in [0.2, 0.25) is 0 Å². The lowest BCUT2D eigenvalue weighted by Gasteiger charge is -2.17. The first kappa shape index (κ1) is 10.8. The normalized spacial score (nSPS) is 15.9. The Balaban J connectivity index is 2.28. The van der Waals surface area contributed by atoms with Gasteiger partial charge in [0, 0.05) is 5.56 Å². The monoisotopic (exact) mass is 216 g/mol. The van der Waals surface area contributed by atoms with Crippen molar-refractivity contribution in [2.45, 2.75) is 25.3 Å². The number of rotatable bonds is 2. The molecular formula is C13H13FN2. The molecule has 0 saturated carbocycles. The van der Waals surface area contributed by atoms with Crippen LogP contribution in [-0.2, 0) is 6.42 Å². The number of benzene rings is 1. The fourth-order valence-electron chi connectivity index (χ4n) is 2.02. The summed E-state index contributed by atoms with van der Waals surface area (Å²) in [6.45, 7) is 0. The molecule has 2 nitrogen and oxygen atoms in total. The molecule has 0 bridgehead atoms. The van der Waals surface area contributed by atoms with Gasteiger partial charge in [-0.05, 0) is 30.9 Å². The van der Waals surface area contributed by atoms with Crippen molar-refractivity contribution in [3.63, 3.8) is 0 Å². The molecule has 16 heavy (non-hydrogen) atoms. The van der Waals surface area contributed by atoms with Crippen molar-refractivity contribution in [1.82, 2.24) is 0 Å². The number of nitriles is 1. The van der Waals surface area contributed by atoms with Gasteiger partial charge in [-0.2, -0.15) is 5.26 Å². The number of hydrogen-bond donors (Lipinski definition) is 1. The highest BCUT2D eigenvalue weighted by Crippen LogP contribution is 2.27. The summed E-state index contributed by atoms with van der Waals surface area (Å²) in [5, 5.41) is 8.64. The Morgan fingerprint density at radius 1 is 1.44 bits per heavy atom. The van der Waals surface area contributed by atoms with Crippen LogP contribution >= 0.6 is 0 Å². The second kappa shape index (κ2) is 4.46. The fourth-order valence-corrected chi connectivity index (χ4v) is 2.02. The molecule has 2 rings (SSSR count). The number of fused-ring (bicyclic) bond motifs is 1. The summed E-state index contributed by atoms with van der Waals surface area (Å²) in [6, 6.07) is 6.64. The van der Waals surface area contributed by atoms with Gasteiger partial charge in [-0.3, -0.25) is 0 Å². The highest BCUT2D eigenvalue weighted by atomic mass is 19.1. The summed E-state index contributed by atoms with van der Waals surface area (Å²) in [5.41, 5.74) is 8.33. The van der Waals surface area contributed by atoms with Crippen LogP contribution in [0, 0.1) is 17.1 Å². The summed E-state index contributed by atoms with van der Waals surface area (Å²) in [6.07, 6.45) is 4.07. The predicted molar refractivity (Wildman–Crippen MR) is 60.9 cm³/mol. The van der Waals surface area contributed by atoms with Gasteiger partial charge in [0.25, 0.3) is 0 Å². The number of hydrogen-bond acceptors (Lipinski definition) is 2. The Morgan fingerprint density at radius 2 is 2.25 bits per heavy atom. The molecule has 2 N–H and O–H groups in total. The Hall–Kier alpha value is -1.66. The minimum atomic E-state index is -0.487. The van der Waals surface area contributed by atoms with Gasteiger partial charge >= 0.3 is 0 Å². The van der Waals surface area contributed by atoms with E-state index >= 15 is 0 Å². The zero-order chi connectivity index (χ0) is 11.5. The van der Waals surface area contributed by atoms with E-state index in [1.807, 2.05) is 18.2 Å². The SMILES string of the molecule is N#C[C@@H](N)CC1=Cc2c(F)cccc2CC1. The number of nitrogens with two attached hydrogens (primary N) is 1. The van der Waals surface area contributed by atoms with Crippen LogP contribution < -0.4 is 5.73 Å². The molecule has 3 heteroatoms. The van der Waals surface area contributed by atoms with E-state index in [0.29, 0.717) is 12.0 Å². The third-order valence-electron chi connectivity index (χ3n) is 2.86. The average molecular weight is 216 g/mol. The van der Waals surface area contributed by atoms with Crippen LogP contribution in [0.4, 0.5) is 4.39 Å². The second-order valence-corrected chi connectivity index (χ2v) is 4.05. The third kappa shape index (κ3) is 2.12. The van der Waals surface area contributed by atoms with Gasteiger partial charge in [0.05, 0.1) is 12.1 Å². The maximum Gasteiger partial charge on any atom is 0.130 e. The molecule has 1 aliphatic rings. The van der Waals surface area contributed by atoms with Crippen molar-refractivity contribution in [2.24, 2.45) is 5.73 Å². The molecule has 0 radical (unpaired) electrons. The molecule has 0 unspecified atom stereocenters. The van der Waals surface area contributed by atoms with Crippen molar-refractivity contribution < 1.29 is 4.39 Å². The predicted octanol–water partition coefficient (Wildman–Crippen LogP) is 2.40. The molecular weight excluding hydrogens is 203 g/mol. The summed E-state index contributed by atoms with van der Waals surface area (Å²) >= 11 is 0. The largest absolute Gasteiger partial charge is 0.316 e. The average Bonchev–Trinajstić information content (AvgIpc) is 2.30. The molecule has 1 aromatic rings. The van der Waals surface area contributed by atoms with Crippen LogP contribution in [0.25, 0.3) is 6.08 Å². The zero-order valence-electron chi connectivity index (χ0n) is 8.91. The highest BCUT2D eigenvalue weighted by molar-refractivity contribution is 5.60. The molecule has 82 valence electrons. The quantitative estimate of drug-likeness (QED) is 0.825. The zero-order valence-corrected chi connectivity index (χ0v) is 8.91. The van der Waals surface area contributed by atoms with E-state index in [2.05, 4.69) is 0 Å². The van der Waals surface area contributed by atoms with Crippen molar-refractivity contribution >= 4 is 6.08 Å². The fraction of sp³-hybridized carbons (Fsp3) is 0.308. The molecule has 1 atom stereocenters. The Kier molecular flexibility index (Phi) is 3.02. The van der Waals surface area contributed by atoms with E-state index in [4.69, 9.17) is 11.0 Å². The van der Waals surface area contributed by atoms with Crippen molar-refractivity contribution in [3.8, 4) is 6.07 Å². The van der Waals surface area contributed by atoms with Gasteiger partial charge in [0.1, 0.15) is 5.82 Å². The molecule has 1 aliphatic carbocycles. The van der Waals surface area contributed by atoms with Crippen molar-refractivity contribution in [3.05, 3.63) is 40.7 Å². The Bertz CT molecular complexity index is 471. The van der Waals surface area contributed by atoms with Crippen molar-refractivity contribution in [2.75, 3.05) is 0 Å². The van der Waals surface area contributed by atoms with Crippen LogP contribution in [0.1, 0.15) is 24.0 Å². The van der Waals surface area contributed by atoms with Crippen LogP contribution in [0.3, 0.4) is 0 Å². The number of halogens is 1. The smallest absolute Gasteiger partial charge is 0.130 e. The molecule has 1 aromatic carbocycles. The standard InChI is InChI=1S/C13H13FN2/c14-13-3-1-2-10-5-4-9(7-12(10)13)6-11(16)8-15/h1-3,7,11H,4-6,16H2/t11-/m0/s1. The molecule has 0 aliphatic heterocycles. The van der Waals surface area contributed by atoms with E-state index in [0.717, 1.165) is 24.0 Å². The maximum absolute atomic E-state index is 13.5. The molecule has 0 amide bonds. The van der Waals surface area contributed by atoms with Gasteiger partial charge in [-0.1, -0.05) is 23.8 Å². The lowest BCUT2D eigenvalue weighted by atomic mass is 9.89. The minimum Gasteiger partial charge on any atom is -0.316 e. The lowest BCUT2D eigenvalue weighted by Crippen LogP contribution is -2.18. The van der Waals surface area contributed by atoms with Crippen LogP contribution in [0.15, 0.2) is 23.8 Å². The van der Waals surface area contributed by atoms with Crippen molar-refractivity contribution in [1.29, 1.82) is 5.26 Å². The summed E-state index contributed by atoms with van der Waals surface area (Å²) in [5.74, 6) is -0.194. The Morgan fingerprint density at radius 3 is 3.00 bits per heavy atom. The number of nitrogens with zero attached hydrogens (tertiary/aromatic N) is 1. The van der Waals surface area contributed by atoms with Gasteiger partial charge in [-0.15, -0.1) is 0 Å². The van der Waals surface area contributed by atoms with Gasteiger partial charge in [0.2, 0.25) is 0 Å². The van der Waals surface area contributed by atoms with E-state index in [1.54, 1.807) is 6.07 Å². The topological polar surface area (TPSA) is 49.8 Å². The summed E-state index contributed by atoms with van der Waals surface area (Å²) in [4.78, 5) is 0. The number of aryl methyl sites for hydroxylation is 1. The van der Waals surface area contributed by atoms with Crippen LogP contribution in [0.5, 0.6) is 0 Å². The molecule has 0 heterocycles. The molecule has 0 aromatic heterocycles. The van der Waals surface area contributed by atoms with E-state index in [9.17, 15) is 4.39 Å². The van der Waals surface area contributed by atoms with E-state index in [1.165, 1.54) is 6.07 Å². The van der Waals surface area contributed by atoms with Gasteiger partial charge in [-0.25, -0.2) is 4.39 Å².